The van der Waals surface area contributed by atoms with Gasteiger partial charge in [-0.2, -0.15) is 0 Å². The second kappa shape index (κ2) is 8.69. The largest absolute Gasteiger partial charge is 0.483 e. The monoisotopic (exact) mass is 360 g/mol. The summed E-state index contributed by atoms with van der Waals surface area (Å²) in [7, 11) is 0. The number of rotatable bonds is 6. The Balaban J connectivity index is 1.88. The van der Waals surface area contributed by atoms with Crippen molar-refractivity contribution >= 4 is 12.0 Å². The van der Waals surface area contributed by atoms with Crippen molar-refractivity contribution in [2.75, 3.05) is 31.1 Å². The Morgan fingerprint density at radius 2 is 1.85 bits per heavy atom. The highest BCUT2D eigenvalue weighted by molar-refractivity contribution is 5.68. The Hall–Kier alpha value is -2.57. The fourth-order valence-corrected chi connectivity index (χ4v) is 2.48. The minimum Gasteiger partial charge on any atom is -0.483 e. The van der Waals surface area contributed by atoms with Gasteiger partial charge in [0.2, 0.25) is 5.95 Å². The van der Waals surface area contributed by atoms with Gasteiger partial charge in [-0.1, -0.05) is 18.7 Å². The van der Waals surface area contributed by atoms with Crippen LogP contribution < -0.4 is 9.64 Å². The average Bonchev–Trinajstić information content (AvgIpc) is 2.60. The molecule has 7 nitrogen and oxygen atoms in total. The number of piperazine rings is 1. The van der Waals surface area contributed by atoms with Crippen molar-refractivity contribution in [3.63, 3.8) is 0 Å². The summed E-state index contributed by atoms with van der Waals surface area (Å²) in [6, 6.07) is 0. The lowest BCUT2D eigenvalue weighted by Gasteiger charge is -2.35. The zero-order valence-electron chi connectivity index (χ0n) is 15.9. The minimum absolute atomic E-state index is 0.140. The van der Waals surface area contributed by atoms with Gasteiger partial charge in [-0.15, -0.1) is 6.58 Å². The smallest absolute Gasteiger partial charge is 0.410 e. The van der Waals surface area contributed by atoms with Crippen molar-refractivity contribution < 1.29 is 14.3 Å². The first-order chi connectivity index (χ1) is 12.3. The van der Waals surface area contributed by atoms with Crippen LogP contribution in [0.4, 0.5) is 10.7 Å². The summed E-state index contributed by atoms with van der Waals surface area (Å²) in [4.78, 5) is 24.6. The molecule has 1 saturated heterocycles. The third kappa shape index (κ3) is 5.75. The molecule has 0 spiro atoms. The quantitative estimate of drug-likeness (QED) is 0.727. The van der Waals surface area contributed by atoms with Gasteiger partial charge in [0.25, 0.3) is 0 Å². The second-order valence-corrected chi connectivity index (χ2v) is 7.09. The number of carbonyl (C=O) groups excluding carboxylic acids is 1. The maximum atomic E-state index is 12.1. The molecule has 26 heavy (non-hydrogen) atoms. The molecule has 2 heterocycles. The molecule has 0 N–H and O–H groups in total. The van der Waals surface area contributed by atoms with Crippen LogP contribution >= 0.6 is 0 Å². The number of nitrogens with zero attached hydrogens (tertiary/aromatic N) is 4. The van der Waals surface area contributed by atoms with Gasteiger partial charge in [0.1, 0.15) is 11.7 Å². The molecule has 0 saturated carbocycles. The predicted octanol–water partition coefficient (Wildman–Crippen LogP) is 3.04. The van der Waals surface area contributed by atoms with E-state index >= 15 is 0 Å². The summed E-state index contributed by atoms with van der Waals surface area (Å²) in [5, 5.41) is 0. The van der Waals surface area contributed by atoms with E-state index in [0.717, 1.165) is 0 Å². The van der Waals surface area contributed by atoms with Crippen LogP contribution in [0.5, 0.6) is 5.75 Å². The standard InChI is InChI=1S/C19H28N4O3/c1-6-8-15(7-2)25-16-13-20-17(21-14-16)22-9-11-23(12-10-22)18(24)26-19(3,4)5/h6-7,13-15H,1-2,8-12H2,3-5H3. The molecule has 1 amide bonds. The first-order valence-corrected chi connectivity index (χ1v) is 8.77. The third-order valence-electron chi connectivity index (χ3n) is 3.78. The normalized spacial score (nSPS) is 16.0. The number of carbonyl (C=O) groups is 1. The first-order valence-electron chi connectivity index (χ1n) is 8.77. The molecule has 1 aliphatic rings. The second-order valence-electron chi connectivity index (χ2n) is 7.09. The molecular weight excluding hydrogens is 332 g/mol. The summed E-state index contributed by atoms with van der Waals surface area (Å²) in [5.41, 5.74) is -0.484. The fourth-order valence-electron chi connectivity index (χ4n) is 2.48. The summed E-state index contributed by atoms with van der Waals surface area (Å²) in [6.07, 6.45) is 7.08. The Kier molecular flexibility index (Phi) is 6.60. The molecule has 1 fully saturated rings. The van der Waals surface area contributed by atoms with Crippen molar-refractivity contribution in [2.24, 2.45) is 0 Å². The van der Waals surface area contributed by atoms with E-state index in [1.54, 1.807) is 29.4 Å². The molecular formula is C19H28N4O3. The van der Waals surface area contributed by atoms with Gasteiger partial charge in [0.05, 0.1) is 12.4 Å². The fraction of sp³-hybridized carbons (Fsp3) is 0.526. The van der Waals surface area contributed by atoms with Gasteiger partial charge in [-0.3, -0.25) is 0 Å². The molecule has 0 radical (unpaired) electrons. The van der Waals surface area contributed by atoms with Crippen LogP contribution in [-0.2, 0) is 4.74 Å². The lowest BCUT2D eigenvalue weighted by Crippen LogP contribution is -2.50. The van der Waals surface area contributed by atoms with Crippen LogP contribution in [-0.4, -0.2) is 58.8 Å². The topological polar surface area (TPSA) is 67.8 Å². The van der Waals surface area contributed by atoms with E-state index in [1.165, 1.54) is 0 Å². The van der Waals surface area contributed by atoms with Crippen LogP contribution in [0.2, 0.25) is 0 Å². The van der Waals surface area contributed by atoms with Gasteiger partial charge >= 0.3 is 6.09 Å². The van der Waals surface area contributed by atoms with Crippen molar-refractivity contribution in [3.8, 4) is 5.75 Å². The van der Waals surface area contributed by atoms with E-state index in [0.29, 0.717) is 44.3 Å². The molecule has 142 valence electrons. The zero-order chi connectivity index (χ0) is 19.2. The molecule has 0 bridgehead atoms. The summed E-state index contributed by atoms with van der Waals surface area (Å²) in [5.74, 6) is 1.22. The Labute approximate surface area is 155 Å². The van der Waals surface area contributed by atoms with Gasteiger partial charge in [0, 0.05) is 32.6 Å². The minimum atomic E-state index is -0.484. The molecule has 7 heteroatoms. The average molecular weight is 360 g/mol. The molecule has 1 aliphatic heterocycles. The SMILES string of the molecule is C=CCC(C=C)Oc1cnc(N2CCN(C(=O)OC(C)(C)C)CC2)nc1. The maximum absolute atomic E-state index is 12.1. The van der Waals surface area contributed by atoms with E-state index in [-0.39, 0.29) is 12.2 Å². The van der Waals surface area contributed by atoms with Crippen molar-refractivity contribution in [2.45, 2.75) is 38.9 Å². The number of hydrogen-bond donors (Lipinski definition) is 0. The van der Waals surface area contributed by atoms with E-state index < -0.39 is 5.60 Å². The number of ether oxygens (including phenoxy) is 2. The Bertz CT molecular complexity index is 617. The number of anilines is 1. The maximum Gasteiger partial charge on any atom is 0.410 e. The molecule has 0 aliphatic carbocycles. The lowest BCUT2D eigenvalue weighted by atomic mass is 10.2. The summed E-state index contributed by atoms with van der Waals surface area (Å²) >= 11 is 0. The molecule has 1 unspecified atom stereocenters. The van der Waals surface area contributed by atoms with Crippen LogP contribution in [0.15, 0.2) is 37.7 Å². The molecule has 2 rings (SSSR count). The highest BCUT2D eigenvalue weighted by atomic mass is 16.6. The van der Waals surface area contributed by atoms with E-state index in [9.17, 15) is 4.79 Å². The first kappa shape index (κ1) is 19.8. The lowest BCUT2D eigenvalue weighted by molar-refractivity contribution is 0.0240. The predicted molar refractivity (Wildman–Crippen MR) is 101 cm³/mol. The summed E-state index contributed by atoms with van der Waals surface area (Å²) < 4.78 is 11.1. The van der Waals surface area contributed by atoms with Crippen molar-refractivity contribution in [3.05, 3.63) is 37.7 Å². The van der Waals surface area contributed by atoms with E-state index in [2.05, 4.69) is 23.1 Å². The third-order valence-corrected chi connectivity index (χ3v) is 3.78. The number of amides is 1. The Morgan fingerprint density at radius 1 is 1.23 bits per heavy atom. The van der Waals surface area contributed by atoms with Crippen LogP contribution in [0.1, 0.15) is 27.2 Å². The van der Waals surface area contributed by atoms with Gasteiger partial charge in [-0.25, -0.2) is 14.8 Å². The highest BCUT2D eigenvalue weighted by Gasteiger charge is 2.26. The van der Waals surface area contributed by atoms with Gasteiger partial charge in [-0.05, 0) is 20.8 Å². The highest BCUT2D eigenvalue weighted by Crippen LogP contribution is 2.17. The van der Waals surface area contributed by atoms with E-state index in [4.69, 9.17) is 9.47 Å². The number of hydrogen-bond acceptors (Lipinski definition) is 6. The number of aromatic nitrogens is 2. The molecule has 1 aromatic heterocycles. The summed E-state index contributed by atoms with van der Waals surface area (Å²) in [6.45, 7) is 15.5. The Morgan fingerprint density at radius 3 is 2.35 bits per heavy atom. The van der Waals surface area contributed by atoms with Crippen LogP contribution in [0.25, 0.3) is 0 Å². The molecule has 1 atom stereocenters. The van der Waals surface area contributed by atoms with Crippen molar-refractivity contribution in [1.29, 1.82) is 0 Å². The van der Waals surface area contributed by atoms with E-state index in [1.807, 2.05) is 25.7 Å². The van der Waals surface area contributed by atoms with Gasteiger partial charge < -0.3 is 19.3 Å². The van der Waals surface area contributed by atoms with Crippen molar-refractivity contribution in [1.82, 2.24) is 14.9 Å². The van der Waals surface area contributed by atoms with Gasteiger partial charge in [0.15, 0.2) is 5.75 Å². The zero-order valence-corrected chi connectivity index (χ0v) is 15.9. The van der Waals surface area contributed by atoms with Crippen LogP contribution in [0.3, 0.4) is 0 Å². The molecule has 1 aromatic rings. The molecule has 0 aromatic carbocycles. The van der Waals surface area contributed by atoms with Crippen LogP contribution in [0, 0.1) is 0 Å².